The number of halogens is 1. The Kier molecular flexibility index (Phi) is 7.44. The number of ether oxygens (including phenoxy) is 2. The van der Waals surface area contributed by atoms with E-state index in [1.54, 1.807) is 6.07 Å². The molecule has 11 nitrogen and oxygen atoms in total. The number of non-ortho nitro benzene ring substituents is 1. The summed E-state index contributed by atoms with van der Waals surface area (Å²) in [6.07, 6.45) is 1.37. The largest absolute Gasteiger partial charge is 0.493 e. The molecule has 174 valence electrons. The molecule has 0 radical (unpaired) electrons. The molecular formula is C22H17FN4O7. The van der Waals surface area contributed by atoms with Gasteiger partial charge in [0, 0.05) is 6.07 Å². The van der Waals surface area contributed by atoms with Crippen LogP contribution in [0.1, 0.15) is 11.1 Å². The molecule has 0 aromatic heterocycles. The Hall–Kier alpha value is -4.87. The average Bonchev–Trinajstić information content (AvgIpc) is 2.81. The summed E-state index contributed by atoms with van der Waals surface area (Å²) in [5, 5.41) is 26.0. The number of carbonyl (C=O) groups excluding carboxylic acids is 1. The molecule has 12 heteroatoms. The lowest BCUT2D eigenvalue weighted by molar-refractivity contribution is -0.394. The molecule has 3 aromatic carbocycles. The fraction of sp³-hybridized carbons (Fsp3) is 0.0909. The minimum absolute atomic E-state index is 0.0156. The summed E-state index contributed by atoms with van der Waals surface area (Å²) >= 11 is 0. The van der Waals surface area contributed by atoms with Gasteiger partial charge in [0.1, 0.15) is 5.82 Å². The van der Waals surface area contributed by atoms with Crippen LogP contribution in [0.2, 0.25) is 0 Å². The SMILES string of the molecule is COc1cc(/C=N/NC(=O)Cc2ccc(F)cc2)ccc1Oc1ccc([N+](=O)[O-])cc1[N+](=O)[O-]. The maximum atomic E-state index is 12.9. The van der Waals surface area contributed by atoms with Crippen LogP contribution in [0.3, 0.4) is 0 Å². The number of rotatable bonds is 9. The molecule has 0 saturated heterocycles. The fourth-order valence-corrected chi connectivity index (χ4v) is 2.82. The van der Waals surface area contributed by atoms with Crippen LogP contribution >= 0.6 is 0 Å². The lowest BCUT2D eigenvalue weighted by Crippen LogP contribution is -2.19. The Labute approximate surface area is 191 Å². The number of methoxy groups -OCH3 is 1. The predicted molar refractivity (Wildman–Crippen MR) is 119 cm³/mol. The third-order valence-electron chi connectivity index (χ3n) is 4.44. The number of nitro groups is 2. The molecule has 34 heavy (non-hydrogen) atoms. The molecule has 0 aliphatic heterocycles. The quantitative estimate of drug-likeness (QED) is 0.282. The van der Waals surface area contributed by atoms with Crippen LogP contribution in [-0.2, 0) is 11.2 Å². The zero-order valence-electron chi connectivity index (χ0n) is 17.6. The summed E-state index contributed by atoms with van der Waals surface area (Å²) in [5.74, 6) is -0.679. The van der Waals surface area contributed by atoms with E-state index in [-0.39, 0.29) is 23.7 Å². The first-order valence-corrected chi connectivity index (χ1v) is 9.62. The lowest BCUT2D eigenvalue weighted by Gasteiger charge is -2.11. The summed E-state index contributed by atoms with van der Waals surface area (Å²) < 4.78 is 23.8. The van der Waals surface area contributed by atoms with Crippen molar-refractivity contribution in [3.8, 4) is 17.2 Å². The number of benzene rings is 3. The molecule has 0 aliphatic carbocycles. The highest BCUT2D eigenvalue weighted by molar-refractivity contribution is 5.84. The van der Waals surface area contributed by atoms with E-state index < -0.39 is 32.9 Å². The third-order valence-corrected chi connectivity index (χ3v) is 4.44. The maximum absolute atomic E-state index is 12.9. The van der Waals surface area contributed by atoms with Gasteiger partial charge >= 0.3 is 5.69 Å². The van der Waals surface area contributed by atoms with E-state index in [4.69, 9.17) is 9.47 Å². The highest BCUT2D eigenvalue weighted by Crippen LogP contribution is 2.38. The van der Waals surface area contributed by atoms with Crippen LogP contribution in [0.25, 0.3) is 0 Å². The van der Waals surface area contributed by atoms with E-state index in [1.165, 1.54) is 49.7 Å². The molecule has 0 fully saturated rings. The highest BCUT2D eigenvalue weighted by Gasteiger charge is 2.22. The number of hydrazone groups is 1. The van der Waals surface area contributed by atoms with Crippen molar-refractivity contribution in [3.63, 3.8) is 0 Å². The van der Waals surface area contributed by atoms with Crippen molar-refractivity contribution >= 4 is 23.5 Å². The molecule has 0 bridgehead atoms. The first-order chi connectivity index (χ1) is 16.3. The van der Waals surface area contributed by atoms with Crippen molar-refractivity contribution < 1.29 is 28.5 Å². The van der Waals surface area contributed by atoms with Crippen molar-refractivity contribution in [1.29, 1.82) is 0 Å². The van der Waals surface area contributed by atoms with E-state index in [0.717, 1.165) is 18.2 Å². The Balaban J connectivity index is 1.71. The third kappa shape index (κ3) is 6.09. The van der Waals surface area contributed by atoms with Crippen LogP contribution in [0, 0.1) is 26.0 Å². The monoisotopic (exact) mass is 468 g/mol. The summed E-state index contributed by atoms with van der Waals surface area (Å²) in [6.45, 7) is 0. The van der Waals surface area contributed by atoms with Gasteiger partial charge in [-0.3, -0.25) is 25.0 Å². The van der Waals surface area contributed by atoms with Crippen LogP contribution < -0.4 is 14.9 Å². The minimum Gasteiger partial charge on any atom is -0.493 e. The molecule has 3 aromatic rings. The smallest absolute Gasteiger partial charge is 0.318 e. The molecular weight excluding hydrogens is 451 g/mol. The average molecular weight is 468 g/mol. The molecule has 1 amide bonds. The van der Waals surface area contributed by atoms with Crippen molar-refractivity contribution in [3.05, 3.63) is 97.8 Å². The zero-order chi connectivity index (χ0) is 24.7. The number of hydrogen-bond donors (Lipinski definition) is 1. The van der Waals surface area contributed by atoms with Crippen molar-refractivity contribution in [1.82, 2.24) is 5.43 Å². The summed E-state index contributed by atoms with van der Waals surface area (Å²) in [5.41, 5.74) is 2.47. The second kappa shape index (κ2) is 10.6. The summed E-state index contributed by atoms with van der Waals surface area (Å²) in [7, 11) is 1.36. The van der Waals surface area contributed by atoms with Crippen LogP contribution in [-0.4, -0.2) is 29.1 Å². The van der Waals surface area contributed by atoms with E-state index in [0.29, 0.717) is 11.1 Å². The number of nitrogens with one attached hydrogen (secondary N) is 1. The Morgan fingerprint density at radius 1 is 1.00 bits per heavy atom. The second-order valence-corrected chi connectivity index (χ2v) is 6.78. The molecule has 0 unspecified atom stereocenters. The van der Waals surface area contributed by atoms with E-state index in [2.05, 4.69) is 10.5 Å². The normalized spacial score (nSPS) is 10.6. The van der Waals surface area contributed by atoms with Gasteiger partial charge < -0.3 is 9.47 Å². The zero-order valence-corrected chi connectivity index (χ0v) is 17.6. The van der Waals surface area contributed by atoms with Crippen LogP contribution in [0.4, 0.5) is 15.8 Å². The standard InChI is InChI=1S/C22H17FN4O7/c1-33-21-10-15(13-24-25-22(28)11-14-2-5-16(23)6-3-14)4-8-20(21)34-19-9-7-17(26(29)30)12-18(19)27(31)32/h2-10,12-13H,11H2,1H3,(H,25,28)/b24-13+. The Bertz CT molecular complexity index is 1260. The Morgan fingerprint density at radius 3 is 2.35 bits per heavy atom. The first kappa shape index (κ1) is 23.8. The number of nitro benzene ring substituents is 2. The van der Waals surface area contributed by atoms with Crippen LogP contribution in [0.15, 0.2) is 65.8 Å². The van der Waals surface area contributed by atoms with Gasteiger partial charge in [0.25, 0.3) is 5.69 Å². The van der Waals surface area contributed by atoms with Gasteiger partial charge in [-0.2, -0.15) is 5.10 Å². The lowest BCUT2D eigenvalue weighted by atomic mass is 10.1. The molecule has 0 aliphatic rings. The minimum atomic E-state index is -0.787. The van der Waals surface area contributed by atoms with Crippen molar-refractivity contribution in [2.45, 2.75) is 6.42 Å². The van der Waals surface area contributed by atoms with Crippen molar-refractivity contribution in [2.24, 2.45) is 5.10 Å². The second-order valence-electron chi connectivity index (χ2n) is 6.78. The molecule has 0 atom stereocenters. The topological polar surface area (TPSA) is 146 Å². The van der Waals surface area contributed by atoms with Gasteiger partial charge in [0.05, 0.1) is 35.7 Å². The molecule has 0 heterocycles. The first-order valence-electron chi connectivity index (χ1n) is 9.62. The molecule has 1 N–H and O–H groups in total. The number of nitrogens with zero attached hydrogens (tertiary/aromatic N) is 3. The molecule has 0 saturated carbocycles. The van der Waals surface area contributed by atoms with Gasteiger partial charge in [0.15, 0.2) is 11.5 Å². The predicted octanol–water partition coefficient (Wildman–Crippen LogP) is 4.14. The van der Waals surface area contributed by atoms with Gasteiger partial charge in [-0.25, -0.2) is 9.82 Å². The van der Waals surface area contributed by atoms with Crippen molar-refractivity contribution in [2.75, 3.05) is 7.11 Å². The van der Waals surface area contributed by atoms with Gasteiger partial charge in [-0.15, -0.1) is 0 Å². The number of amides is 1. The highest BCUT2D eigenvalue weighted by atomic mass is 19.1. The van der Waals surface area contributed by atoms with Gasteiger partial charge in [-0.05, 0) is 47.5 Å². The van der Waals surface area contributed by atoms with Gasteiger partial charge in [0.2, 0.25) is 11.7 Å². The summed E-state index contributed by atoms with van der Waals surface area (Å²) in [6, 6.07) is 13.1. The Morgan fingerprint density at radius 2 is 1.71 bits per heavy atom. The maximum Gasteiger partial charge on any atom is 0.318 e. The molecule has 0 spiro atoms. The van der Waals surface area contributed by atoms with E-state index >= 15 is 0 Å². The number of hydrogen-bond acceptors (Lipinski definition) is 8. The summed E-state index contributed by atoms with van der Waals surface area (Å²) in [4.78, 5) is 32.6. The number of carbonyl (C=O) groups is 1. The van der Waals surface area contributed by atoms with E-state index in [9.17, 15) is 29.4 Å². The van der Waals surface area contributed by atoms with E-state index in [1.807, 2.05) is 0 Å². The fourth-order valence-electron chi connectivity index (χ4n) is 2.82. The van der Waals surface area contributed by atoms with Gasteiger partial charge in [-0.1, -0.05) is 12.1 Å². The van der Waals surface area contributed by atoms with Crippen LogP contribution in [0.5, 0.6) is 17.2 Å². The molecule has 3 rings (SSSR count).